The molecule has 0 atom stereocenters. The molecule has 1 heterocycles. The average molecular weight is 314 g/mol. The van der Waals surface area contributed by atoms with Gasteiger partial charge in [-0.05, 0) is 25.8 Å². The molecule has 1 aliphatic heterocycles. The highest BCUT2D eigenvalue weighted by Gasteiger charge is 2.21. The van der Waals surface area contributed by atoms with Gasteiger partial charge in [-0.2, -0.15) is 0 Å². The second kappa shape index (κ2) is 12.9. The minimum atomic E-state index is 0.241. The molecule has 0 spiro atoms. The number of ether oxygens (including phenoxy) is 2. The van der Waals surface area contributed by atoms with Gasteiger partial charge in [-0.15, -0.1) is 0 Å². The summed E-state index contributed by atoms with van der Waals surface area (Å²) in [5.41, 5.74) is 0. The predicted octanol–water partition coefficient (Wildman–Crippen LogP) is 2.06. The van der Waals surface area contributed by atoms with E-state index in [0.717, 1.165) is 25.6 Å². The molecule has 5 heteroatoms. The van der Waals surface area contributed by atoms with Crippen LogP contribution in [0.2, 0.25) is 0 Å². The number of rotatable bonds is 12. The molecule has 1 amide bonds. The molecule has 1 saturated heterocycles. The second-order valence-electron chi connectivity index (χ2n) is 6.04. The number of likely N-dealkylation sites (N-methyl/N-ethyl adjacent to an activating group) is 1. The van der Waals surface area contributed by atoms with Crippen LogP contribution in [0.3, 0.4) is 0 Å². The summed E-state index contributed by atoms with van der Waals surface area (Å²) in [4.78, 5) is 14.1. The lowest BCUT2D eigenvalue weighted by atomic mass is 9.91. The van der Waals surface area contributed by atoms with Gasteiger partial charge in [0.1, 0.15) is 0 Å². The molecule has 0 aromatic heterocycles. The van der Waals surface area contributed by atoms with Gasteiger partial charge < -0.3 is 19.7 Å². The highest BCUT2D eigenvalue weighted by atomic mass is 16.5. The van der Waals surface area contributed by atoms with E-state index in [1.54, 1.807) is 0 Å². The molecule has 5 nitrogen and oxygen atoms in total. The zero-order valence-electron chi connectivity index (χ0n) is 14.4. The molecule has 1 N–H and O–H groups in total. The topological polar surface area (TPSA) is 50.8 Å². The van der Waals surface area contributed by atoms with Crippen LogP contribution >= 0.6 is 0 Å². The Morgan fingerprint density at radius 2 is 1.82 bits per heavy atom. The molecular formula is C17H34N2O3. The van der Waals surface area contributed by atoms with E-state index in [1.807, 2.05) is 11.9 Å². The van der Waals surface area contributed by atoms with Gasteiger partial charge >= 0.3 is 0 Å². The maximum absolute atomic E-state index is 12.1. The van der Waals surface area contributed by atoms with Gasteiger partial charge in [-0.25, -0.2) is 0 Å². The zero-order valence-corrected chi connectivity index (χ0v) is 14.4. The standard InChI is InChI=1S/C17H34N2O3/c1-3-4-5-16-6-10-19(11-7-16)17(20)8-12-21-14-15-22-13-9-18-2/h16,18H,3-15H2,1-2H3. The molecule has 0 bridgehead atoms. The Balaban J connectivity index is 1.97. The molecule has 0 aromatic carbocycles. The Labute approximate surface area is 135 Å². The van der Waals surface area contributed by atoms with E-state index in [2.05, 4.69) is 12.2 Å². The quantitative estimate of drug-likeness (QED) is 0.560. The zero-order chi connectivity index (χ0) is 16.0. The Morgan fingerprint density at radius 3 is 2.45 bits per heavy atom. The van der Waals surface area contributed by atoms with Crippen LogP contribution in [0.1, 0.15) is 45.4 Å². The molecule has 0 saturated carbocycles. The largest absolute Gasteiger partial charge is 0.379 e. The van der Waals surface area contributed by atoms with Crippen molar-refractivity contribution >= 4 is 5.91 Å². The number of nitrogens with zero attached hydrogens (tertiary/aromatic N) is 1. The van der Waals surface area contributed by atoms with Crippen molar-refractivity contribution in [2.24, 2.45) is 5.92 Å². The first kappa shape index (κ1) is 19.4. The van der Waals surface area contributed by atoms with Crippen LogP contribution in [0.15, 0.2) is 0 Å². The van der Waals surface area contributed by atoms with Gasteiger partial charge in [0, 0.05) is 19.6 Å². The highest BCUT2D eigenvalue weighted by molar-refractivity contribution is 5.76. The van der Waals surface area contributed by atoms with E-state index in [4.69, 9.17) is 9.47 Å². The SMILES string of the molecule is CCCCC1CCN(C(=O)CCOCCOCCNC)CC1. The summed E-state index contributed by atoms with van der Waals surface area (Å²) in [7, 11) is 1.90. The van der Waals surface area contributed by atoms with E-state index in [-0.39, 0.29) is 5.91 Å². The smallest absolute Gasteiger partial charge is 0.224 e. The van der Waals surface area contributed by atoms with E-state index in [0.29, 0.717) is 32.8 Å². The lowest BCUT2D eigenvalue weighted by Gasteiger charge is -2.32. The number of amides is 1. The fraction of sp³-hybridized carbons (Fsp3) is 0.941. The molecule has 0 aliphatic carbocycles. The number of carbonyl (C=O) groups is 1. The summed E-state index contributed by atoms with van der Waals surface area (Å²) in [6.45, 7) is 7.32. The molecule has 1 aliphatic rings. The van der Waals surface area contributed by atoms with Crippen LogP contribution in [-0.4, -0.2) is 63.9 Å². The summed E-state index contributed by atoms with van der Waals surface area (Å²) in [5.74, 6) is 1.07. The Hall–Kier alpha value is -0.650. The molecule has 22 heavy (non-hydrogen) atoms. The average Bonchev–Trinajstić information content (AvgIpc) is 2.55. The normalized spacial score (nSPS) is 16.2. The number of nitrogens with one attached hydrogen (secondary N) is 1. The van der Waals surface area contributed by atoms with E-state index >= 15 is 0 Å². The Kier molecular flexibility index (Phi) is 11.3. The molecule has 130 valence electrons. The Morgan fingerprint density at radius 1 is 1.14 bits per heavy atom. The summed E-state index contributed by atoms with van der Waals surface area (Å²) in [6, 6.07) is 0. The molecular weight excluding hydrogens is 280 g/mol. The lowest BCUT2D eigenvalue weighted by Crippen LogP contribution is -2.38. The van der Waals surface area contributed by atoms with E-state index in [1.165, 1.54) is 32.1 Å². The summed E-state index contributed by atoms with van der Waals surface area (Å²) >= 11 is 0. The minimum Gasteiger partial charge on any atom is -0.379 e. The maximum Gasteiger partial charge on any atom is 0.224 e. The number of carbonyl (C=O) groups excluding carboxylic acids is 1. The molecule has 0 unspecified atom stereocenters. The van der Waals surface area contributed by atoms with Gasteiger partial charge in [0.05, 0.1) is 32.8 Å². The van der Waals surface area contributed by atoms with Crippen LogP contribution in [0.5, 0.6) is 0 Å². The van der Waals surface area contributed by atoms with Gasteiger partial charge in [0.15, 0.2) is 0 Å². The number of likely N-dealkylation sites (tertiary alicyclic amines) is 1. The van der Waals surface area contributed by atoms with Crippen LogP contribution in [0, 0.1) is 5.92 Å². The van der Waals surface area contributed by atoms with E-state index < -0.39 is 0 Å². The fourth-order valence-electron chi connectivity index (χ4n) is 2.78. The van der Waals surface area contributed by atoms with Gasteiger partial charge in [-0.1, -0.05) is 26.2 Å². The summed E-state index contributed by atoms with van der Waals surface area (Å²) < 4.78 is 10.8. The molecule has 1 rings (SSSR count). The van der Waals surface area contributed by atoms with Crippen LogP contribution in [0.25, 0.3) is 0 Å². The van der Waals surface area contributed by atoms with Crippen molar-refractivity contribution in [1.29, 1.82) is 0 Å². The monoisotopic (exact) mass is 314 g/mol. The van der Waals surface area contributed by atoms with Crippen molar-refractivity contribution in [3.8, 4) is 0 Å². The number of hydrogen-bond donors (Lipinski definition) is 1. The number of piperidine rings is 1. The summed E-state index contributed by atoms with van der Waals surface area (Å²) in [5, 5.41) is 3.02. The third-order valence-electron chi connectivity index (χ3n) is 4.26. The third kappa shape index (κ3) is 8.71. The maximum atomic E-state index is 12.1. The first-order valence-corrected chi connectivity index (χ1v) is 8.85. The van der Waals surface area contributed by atoms with Crippen molar-refractivity contribution in [2.75, 3.05) is 53.1 Å². The second-order valence-corrected chi connectivity index (χ2v) is 6.04. The van der Waals surface area contributed by atoms with Gasteiger partial charge in [0.25, 0.3) is 0 Å². The van der Waals surface area contributed by atoms with Crippen LogP contribution < -0.4 is 5.32 Å². The first-order valence-electron chi connectivity index (χ1n) is 8.85. The van der Waals surface area contributed by atoms with Crippen molar-refractivity contribution < 1.29 is 14.3 Å². The van der Waals surface area contributed by atoms with E-state index in [9.17, 15) is 4.79 Å². The predicted molar refractivity (Wildman–Crippen MR) is 89.0 cm³/mol. The van der Waals surface area contributed by atoms with Crippen LogP contribution in [-0.2, 0) is 14.3 Å². The highest BCUT2D eigenvalue weighted by Crippen LogP contribution is 2.22. The minimum absolute atomic E-state index is 0.241. The number of hydrogen-bond acceptors (Lipinski definition) is 4. The van der Waals surface area contributed by atoms with Gasteiger partial charge in [0.2, 0.25) is 5.91 Å². The van der Waals surface area contributed by atoms with Crippen molar-refractivity contribution in [1.82, 2.24) is 10.2 Å². The fourth-order valence-corrected chi connectivity index (χ4v) is 2.78. The Bertz CT molecular complexity index is 279. The number of unbranched alkanes of at least 4 members (excludes halogenated alkanes) is 1. The van der Waals surface area contributed by atoms with Crippen molar-refractivity contribution in [2.45, 2.75) is 45.4 Å². The molecule has 0 aromatic rings. The van der Waals surface area contributed by atoms with Gasteiger partial charge in [-0.3, -0.25) is 4.79 Å². The van der Waals surface area contributed by atoms with Crippen LogP contribution in [0.4, 0.5) is 0 Å². The van der Waals surface area contributed by atoms with Crippen molar-refractivity contribution in [3.63, 3.8) is 0 Å². The summed E-state index contributed by atoms with van der Waals surface area (Å²) in [6.07, 6.45) is 6.77. The third-order valence-corrected chi connectivity index (χ3v) is 4.26. The van der Waals surface area contributed by atoms with Crippen molar-refractivity contribution in [3.05, 3.63) is 0 Å². The molecule has 1 fully saturated rings. The lowest BCUT2D eigenvalue weighted by molar-refractivity contribution is -0.133. The molecule has 0 radical (unpaired) electrons. The first-order chi connectivity index (χ1) is 10.8.